The van der Waals surface area contributed by atoms with E-state index in [-0.39, 0.29) is 24.1 Å². The van der Waals surface area contributed by atoms with E-state index in [0.717, 1.165) is 16.8 Å². The van der Waals surface area contributed by atoms with E-state index in [1.165, 1.54) is 12.1 Å². The third-order valence-corrected chi connectivity index (χ3v) is 4.50. The molecule has 1 N–H and O–H groups in total. The molecule has 0 spiro atoms. The molecule has 0 unspecified atom stereocenters. The summed E-state index contributed by atoms with van der Waals surface area (Å²) in [6.45, 7) is 2.14. The van der Waals surface area contributed by atoms with E-state index in [4.69, 9.17) is 0 Å². The van der Waals surface area contributed by atoms with Gasteiger partial charge in [-0.1, -0.05) is 49.4 Å². The Bertz CT molecular complexity index is 972. The number of carbonyl (C=O) groups excluding carboxylic acids is 2. The van der Waals surface area contributed by atoms with Gasteiger partial charge in [0.25, 0.3) is 0 Å². The van der Waals surface area contributed by atoms with Crippen molar-refractivity contribution in [1.82, 2.24) is 0 Å². The zero-order valence-corrected chi connectivity index (χ0v) is 16.3. The summed E-state index contributed by atoms with van der Waals surface area (Å²) in [7, 11) is 0. The molecule has 0 atom stereocenters. The quantitative estimate of drug-likeness (QED) is 0.621. The van der Waals surface area contributed by atoms with Gasteiger partial charge in [-0.05, 0) is 47.5 Å². The fraction of sp³-hybridized carbons (Fsp3) is 0.167. The molecule has 0 aliphatic heterocycles. The van der Waals surface area contributed by atoms with Crippen molar-refractivity contribution in [2.75, 3.05) is 10.2 Å². The van der Waals surface area contributed by atoms with E-state index >= 15 is 0 Å². The zero-order chi connectivity index (χ0) is 20.6. The second-order valence-electron chi connectivity index (χ2n) is 6.72. The predicted molar refractivity (Wildman–Crippen MR) is 113 cm³/mol. The number of halogens is 1. The fourth-order valence-electron chi connectivity index (χ4n) is 3.03. The van der Waals surface area contributed by atoms with Gasteiger partial charge in [0.1, 0.15) is 5.82 Å². The van der Waals surface area contributed by atoms with E-state index < -0.39 is 0 Å². The first-order chi connectivity index (χ1) is 14.0. The van der Waals surface area contributed by atoms with Crippen molar-refractivity contribution in [3.8, 4) is 0 Å². The maximum absolute atomic E-state index is 13.2. The average molecular weight is 390 g/mol. The summed E-state index contributed by atoms with van der Waals surface area (Å²) in [5.41, 5.74) is 3.10. The SMILES string of the molecule is CCC(=O)N(Cc1ccc(F)cc1)c1cccc(CC(=O)Nc2ccccc2)c1. The Hall–Kier alpha value is -3.47. The van der Waals surface area contributed by atoms with E-state index in [9.17, 15) is 14.0 Å². The number of para-hydroxylation sites is 1. The number of amides is 2. The predicted octanol–water partition coefficient (Wildman–Crippen LogP) is 4.95. The Morgan fingerprint density at radius 3 is 2.31 bits per heavy atom. The van der Waals surface area contributed by atoms with Crippen LogP contribution in [-0.2, 0) is 22.6 Å². The van der Waals surface area contributed by atoms with Crippen LogP contribution in [0.15, 0.2) is 78.9 Å². The summed E-state index contributed by atoms with van der Waals surface area (Å²) >= 11 is 0. The minimum absolute atomic E-state index is 0.0415. The molecule has 5 heteroatoms. The molecule has 4 nitrogen and oxygen atoms in total. The summed E-state index contributed by atoms with van der Waals surface area (Å²) in [4.78, 5) is 26.5. The minimum Gasteiger partial charge on any atom is -0.326 e. The molecular weight excluding hydrogens is 367 g/mol. The highest BCUT2D eigenvalue weighted by Crippen LogP contribution is 2.21. The molecule has 0 aromatic heterocycles. The van der Waals surface area contributed by atoms with Gasteiger partial charge in [-0.3, -0.25) is 9.59 Å². The Morgan fingerprint density at radius 2 is 1.62 bits per heavy atom. The number of rotatable bonds is 7. The Morgan fingerprint density at radius 1 is 0.897 bits per heavy atom. The molecule has 0 aliphatic rings. The second kappa shape index (κ2) is 9.64. The van der Waals surface area contributed by atoms with Crippen LogP contribution in [-0.4, -0.2) is 11.8 Å². The van der Waals surface area contributed by atoms with Gasteiger partial charge in [-0.15, -0.1) is 0 Å². The Labute approximate surface area is 170 Å². The van der Waals surface area contributed by atoms with E-state index in [2.05, 4.69) is 5.32 Å². The molecular formula is C24H23FN2O2. The van der Waals surface area contributed by atoms with Crippen LogP contribution in [0.1, 0.15) is 24.5 Å². The van der Waals surface area contributed by atoms with Gasteiger partial charge < -0.3 is 10.2 Å². The number of benzene rings is 3. The van der Waals surface area contributed by atoms with Crippen molar-refractivity contribution < 1.29 is 14.0 Å². The van der Waals surface area contributed by atoms with Crippen molar-refractivity contribution in [3.63, 3.8) is 0 Å². The summed E-state index contributed by atoms with van der Waals surface area (Å²) in [5, 5.41) is 2.86. The van der Waals surface area contributed by atoms with Gasteiger partial charge in [0.2, 0.25) is 11.8 Å². The topological polar surface area (TPSA) is 49.4 Å². The van der Waals surface area contributed by atoms with Gasteiger partial charge in [0, 0.05) is 17.8 Å². The van der Waals surface area contributed by atoms with Crippen LogP contribution < -0.4 is 10.2 Å². The van der Waals surface area contributed by atoms with Gasteiger partial charge in [0.15, 0.2) is 0 Å². The number of nitrogens with one attached hydrogen (secondary N) is 1. The number of nitrogens with zero attached hydrogens (tertiary/aromatic N) is 1. The lowest BCUT2D eigenvalue weighted by molar-refractivity contribution is -0.118. The van der Waals surface area contributed by atoms with E-state index in [0.29, 0.717) is 18.7 Å². The molecule has 0 bridgehead atoms. The Balaban J connectivity index is 1.76. The van der Waals surface area contributed by atoms with Crippen molar-refractivity contribution in [3.05, 3.63) is 95.8 Å². The number of carbonyl (C=O) groups is 2. The number of hydrogen-bond donors (Lipinski definition) is 1. The van der Waals surface area contributed by atoms with Crippen molar-refractivity contribution in [2.24, 2.45) is 0 Å². The first-order valence-electron chi connectivity index (χ1n) is 9.54. The molecule has 0 fully saturated rings. The number of hydrogen-bond acceptors (Lipinski definition) is 2. The highest BCUT2D eigenvalue weighted by atomic mass is 19.1. The molecule has 148 valence electrons. The molecule has 0 saturated carbocycles. The normalized spacial score (nSPS) is 10.4. The molecule has 0 radical (unpaired) electrons. The lowest BCUT2D eigenvalue weighted by Crippen LogP contribution is -2.29. The maximum Gasteiger partial charge on any atom is 0.228 e. The third-order valence-electron chi connectivity index (χ3n) is 4.50. The molecule has 3 aromatic carbocycles. The van der Waals surface area contributed by atoms with E-state index in [1.807, 2.05) is 54.6 Å². The first kappa shape index (κ1) is 20.3. The molecule has 0 heterocycles. The summed E-state index contributed by atoms with van der Waals surface area (Å²) < 4.78 is 13.2. The van der Waals surface area contributed by atoms with Crippen LogP contribution in [0.2, 0.25) is 0 Å². The molecule has 3 aromatic rings. The summed E-state index contributed by atoms with van der Waals surface area (Å²) in [6.07, 6.45) is 0.549. The van der Waals surface area contributed by atoms with Gasteiger partial charge >= 0.3 is 0 Å². The van der Waals surface area contributed by atoms with Crippen LogP contribution >= 0.6 is 0 Å². The van der Waals surface area contributed by atoms with Crippen LogP contribution in [0.3, 0.4) is 0 Å². The zero-order valence-electron chi connectivity index (χ0n) is 16.3. The smallest absolute Gasteiger partial charge is 0.228 e. The summed E-state index contributed by atoms with van der Waals surface area (Å²) in [6, 6.07) is 22.8. The van der Waals surface area contributed by atoms with Crippen molar-refractivity contribution in [2.45, 2.75) is 26.3 Å². The second-order valence-corrected chi connectivity index (χ2v) is 6.72. The molecule has 0 aliphatic carbocycles. The van der Waals surface area contributed by atoms with Gasteiger partial charge in [0.05, 0.1) is 13.0 Å². The highest BCUT2D eigenvalue weighted by molar-refractivity contribution is 5.94. The standard InChI is InChI=1S/C24H23FN2O2/c1-2-24(29)27(17-18-11-13-20(25)14-12-18)22-10-6-7-19(15-22)16-23(28)26-21-8-4-3-5-9-21/h3-15H,2,16-17H2,1H3,(H,26,28). The minimum atomic E-state index is -0.312. The number of anilines is 2. The molecule has 2 amide bonds. The van der Waals surface area contributed by atoms with Gasteiger partial charge in [-0.2, -0.15) is 0 Å². The third kappa shape index (κ3) is 5.75. The van der Waals surface area contributed by atoms with Crippen LogP contribution in [0, 0.1) is 5.82 Å². The van der Waals surface area contributed by atoms with Crippen LogP contribution in [0.5, 0.6) is 0 Å². The highest BCUT2D eigenvalue weighted by Gasteiger charge is 2.16. The maximum atomic E-state index is 13.2. The van der Waals surface area contributed by atoms with Crippen molar-refractivity contribution >= 4 is 23.2 Å². The fourth-order valence-corrected chi connectivity index (χ4v) is 3.03. The molecule has 0 saturated heterocycles. The first-order valence-corrected chi connectivity index (χ1v) is 9.54. The van der Waals surface area contributed by atoms with Gasteiger partial charge in [-0.25, -0.2) is 4.39 Å². The molecule has 29 heavy (non-hydrogen) atoms. The van der Waals surface area contributed by atoms with E-state index in [1.54, 1.807) is 24.0 Å². The monoisotopic (exact) mass is 390 g/mol. The molecule has 3 rings (SSSR count). The largest absolute Gasteiger partial charge is 0.326 e. The average Bonchev–Trinajstić information content (AvgIpc) is 2.73. The lowest BCUT2D eigenvalue weighted by atomic mass is 10.1. The van der Waals surface area contributed by atoms with Crippen LogP contribution in [0.4, 0.5) is 15.8 Å². The summed E-state index contributed by atoms with van der Waals surface area (Å²) in [5.74, 6) is -0.478. The Kier molecular flexibility index (Phi) is 6.74. The van der Waals surface area contributed by atoms with Crippen molar-refractivity contribution in [1.29, 1.82) is 0 Å². The lowest BCUT2D eigenvalue weighted by Gasteiger charge is -2.23. The van der Waals surface area contributed by atoms with Crippen LogP contribution in [0.25, 0.3) is 0 Å².